The van der Waals surface area contributed by atoms with E-state index in [0.717, 1.165) is 9.65 Å². The molecule has 1 aromatic heterocycles. The Kier molecular flexibility index (Phi) is 3.36. The highest BCUT2D eigenvalue weighted by molar-refractivity contribution is 7.89. The second-order valence-electron chi connectivity index (χ2n) is 4.81. The van der Waals surface area contributed by atoms with E-state index in [9.17, 15) is 8.42 Å². The molecule has 0 saturated carbocycles. The third-order valence-corrected chi connectivity index (χ3v) is 4.48. The molecule has 0 atom stereocenters. The first-order valence-electron chi connectivity index (χ1n) is 6.00. The van der Waals surface area contributed by atoms with Gasteiger partial charge >= 0.3 is 0 Å². The molecule has 0 amide bonds. The van der Waals surface area contributed by atoms with Gasteiger partial charge in [0.2, 0.25) is 0 Å². The summed E-state index contributed by atoms with van der Waals surface area (Å²) in [6.45, 7) is 5.71. The topological polar surface area (TPSA) is 78.0 Å². The highest BCUT2D eigenvalue weighted by Gasteiger charge is 2.23. The molecular formula is C13H17N3O2S. The Balaban J connectivity index is 2.60. The summed E-state index contributed by atoms with van der Waals surface area (Å²) in [4.78, 5) is 0.211. The molecule has 0 aliphatic rings. The average molecular weight is 279 g/mol. The molecule has 0 bridgehead atoms. The zero-order valence-corrected chi connectivity index (χ0v) is 12.0. The molecule has 0 unspecified atom stereocenters. The standard InChI is InChI=1S/C13H17N3O2S/c1-9(2)12-8-13(14)15-16(12)19(17,18)11-6-4-10(3)5-7-11/h4-9H,1-3H3,(H2,14,15). The van der Waals surface area contributed by atoms with Gasteiger partial charge in [0.1, 0.15) is 5.82 Å². The van der Waals surface area contributed by atoms with Crippen molar-refractivity contribution in [1.82, 2.24) is 9.19 Å². The van der Waals surface area contributed by atoms with Crippen molar-refractivity contribution in [1.29, 1.82) is 0 Å². The lowest BCUT2D eigenvalue weighted by molar-refractivity contribution is 0.574. The molecular weight excluding hydrogens is 262 g/mol. The van der Waals surface area contributed by atoms with E-state index >= 15 is 0 Å². The number of benzene rings is 1. The van der Waals surface area contributed by atoms with Crippen LogP contribution in [0.4, 0.5) is 5.82 Å². The van der Waals surface area contributed by atoms with Gasteiger partial charge in [-0.1, -0.05) is 31.5 Å². The molecule has 6 heteroatoms. The quantitative estimate of drug-likeness (QED) is 0.933. The zero-order chi connectivity index (χ0) is 14.2. The molecule has 0 fully saturated rings. The third-order valence-electron chi connectivity index (χ3n) is 2.86. The van der Waals surface area contributed by atoms with Gasteiger partial charge < -0.3 is 5.73 Å². The van der Waals surface area contributed by atoms with Gasteiger partial charge in [0.25, 0.3) is 10.0 Å². The maximum absolute atomic E-state index is 12.5. The van der Waals surface area contributed by atoms with Crippen molar-refractivity contribution in [2.75, 3.05) is 5.73 Å². The van der Waals surface area contributed by atoms with Crippen LogP contribution in [-0.4, -0.2) is 17.6 Å². The van der Waals surface area contributed by atoms with Gasteiger partial charge in [0.15, 0.2) is 0 Å². The summed E-state index contributed by atoms with van der Waals surface area (Å²) < 4.78 is 26.1. The van der Waals surface area contributed by atoms with Crippen molar-refractivity contribution in [2.45, 2.75) is 31.6 Å². The van der Waals surface area contributed by atoms with Gasteiger partial charge in [0, 0.05) is 6.07 Å². The van der Waals surface area contributed by atoms with Gasteiger partial charge in [-0.25, -0.2) is 0 Å². The van der Waals surface area contributed by atoms with Crippen LogP contribution in [0.5, 0.6) is 0 Å². The van der Waals surface area contributed by atoms with Crippen LogP contribution in [0.2, 0.25) is 0 Å². The van der Waals surface area contributed by atoms with Gasteiger partial charge in [-0.05, 0) is 25.0 Å². The highest BCUT2D eigenvalue weighted by Crippen LogP contribution is 2.22. The Morgan fingerprint density at radius 3 is 2.32 bits per heavy atom. The smallest absolute Gasteiger partial charge is 0.283 e. The summed E-state index contributed by atoms with van der Waals surface area (Å²) in [6, 6.07) is 8.26. The van der Waals surface area contributed by atoms with Crippen LogP contribution in [0.1, 0.15) is 31.0 Å². The number of nitrogen functional groups attached to an aromatic ring is 1. The first kappa shape index (κ1) is 13.6. The SMILES string of the molecule is Cc1ccc(S(=O)(=O)n2nc(N)cc2C(C)C)cc1. The van der Waals surface area contributed by atoms with E-state index in [1.165, 1.54) is 0 Å². The summed E-state index contributed by atoms with van der Waals surface area (Å²) in [6.07, 6.45) is 0. The van der Waals surface area contributed by atoms with Gasteiger partial charge in [-0.3, -0.25) is 0 Å². The number of hydrogen-bond acceptors (Lipinski definition) is 4. The number of hydrogen-bond donors (Lipinski definition) is 1. The molecule has 2 aromatic rings. The Morgan fingerprint density at radius 1 is 1.21 bits per heavy atom. The molecule has 0 saturated heterocycles. The van der Waals surface area contributed by atoms with Crippen LogP contribution in [0, 0.1) is 6.92 Å². The minimum atomic E-state index is -3.69. The molecule has 0 aliphatic heterocycles. The number of aromatic nitrogens is 2. The van der Waals surface area contributed by atoms with Crippen LogP contribution in [0.3, 0.4) is 0 Å². The lowest BCUT2D eigenvalue weighted by atomic mass is 10.1. The first-order valence-corrected chi connectivity index (χ1v) is 7.44. The summed E-state index contributed by atoms with van der Waals surface area (Å²) in [5.74, 6) is 0.226. The fourth-order valence-corrected chi connectivity index (χ4v) is 3.21. The summed E-state index contributed by atoms with van der Waals surface area (Å²) >= 11 is 0. The van der Waals surface area contributed by atoms with E-state index in [1.807, 2.05) is 20.8 Å². The predicted molar refractivity (Wildman–Crippen MR) is 74.5 cm³/mol. The molecule has 1 heterocycles. The van der Waals surface area contributed by atoms with Gasteiger partial charge in [-0.15, -0.1) is 5.10 Å². The fraction of sp³-hybridized carbons (Fsp3) is 0.308. The van der Waals surface area contributed by atoms with Crippen LogP contribution in [0.15, 0.2) is 35.2 Å². The van der Waals surface area contributed by atoms with E-state index in [4.69, 9.17) is 5.73 Å². The molecule has 0 radical (unpaired) electrons. The number of anilines is 1. The van der Waals surface area contributed by atoms with Crippen molar-refractivity contribution in [3.8, 4) is 0 Å². The van der Waals surface area contributed by atoms with Crippen LogP contribution in [-0.2, 0) is 10.0 Å². The van der Waals surface area contributed by atoms with E-state index in [0.29, 0.717) is 5.69 Å². The molecule has 0 aliphatic carbocycles. The molecule has 1 aromatic carbocycles. The van der Waals surface area contributed by atoms with E-state index < -0.39 is 10.0 Å². The van der Waals surface area contributed by atoms with Crippen molar-refractivity contribution in [3.63, 3.8) is 0 Å². The number of nitrogens with zero attached hydrogens (tertiary/aromatic N) is 2. The van der Waals surface area contributed by atoms with Crippen LogP contribution < -0.4 is 5.73 Å². The monoisotopic (exact) mass is 279 g/mol. The molecule has 2 rings (SSSR count). The number of nitrogens with two attached hydrogens (primary N) is 1. The lowest BCUT2D eigenvalue weighted by Crippen LogP contribution is -2.18. The van der Waals surface area contributed by atoms with Crippen LogP contribution in [0.25, 0.3) is 0 Å². The first-order chi connectivity index (χ1) is 8.82. The minimum Gasteiger partial charge on any atom is -0.382 e. The fourth-order valence-electron chi connectivity index (χ4n) is 1.79. The Hall–Kier alpha value is -1.82. The second kappa shape index (κ2) is 4.70. The van der Waals surface area contributed by atoms with Crippen LogP contribution >= 0.6 is 0 Å². The van der Waals surface area contributed by atoms with Gasteiger partial charge in [0.05, 0.1) is 10.6 Å². The third kappa shape index (κ3) is 2.49. The second-order valence-corrected chi connectivity index (χ2v) is 6.58. The van der Waals surface area contributed by atoms with Gasteiger partial charge in [-0.2, -0.15) is 12.5 Å². The summed E-state index contributed by atoms with van der Waals surface area (Å²) in [5, 5.41) is 3.91. The van der Waals surface area contributed by atoms with Crippen molar-refractivity contribution >= 4 is 15.8 Å². The Labute approximate surface area is 113 Å². The maximum atomic E-state index is 12.5. The predicted octanol–water partition coefficient (Wildman–Crippen LogP) is 2.13. The van der Waals surface area contributed by atoms with Crippen molar-refractivity contribution < 1.29 is 8.42 Å². The summed E-state index contributed by atoms with van der Waals surface area (Å²) in [5.41, 5.74) is 7.20. The summed E-state index contributed by atoms with van der Waals surface area (Å²) in [7, 11) is -3.69. The zero-order valence-electron chi connectivity index (χ0n) is 11.2. The normalized spacial score (nSPS) is 12.0. The molecule has 102 valence electrons. The van der Waals surface area contributed by atoms with E-state index in [1.54, 1.807) is 30.3 Å². The number of rotatable bonds is 3. The minimum absolute atomic E-state index is 0.0185. The molecule has 2 N–H and O–H groups in total. The van der Waals surface area contributed by atoms with E-state index in [-0.39, 0.29) is 16.6 Å². The molecule has 19 heavy (non-hydrogen) atoms. The van der Waals surface area contributed by atoms with E-state index in [2.05, 4.69) is 5.10 Å². The van der Waals surface area contributed by atoms with Crippen molar-refractivity contribution in [3.05, 3.63) is 41.6 Å². The average Bonchev–Trinajstić information content (AvgIpc) is 2.73. The largest absolute Gasteiger partial charge is 0.382 e. The highest BCUT2D eigenvalue weighted by atomic mass is 32.2. The molecule has 0 spiro atoms. The Bertz CT molecular complexity index is 685. The van der Waals surface area contributed by atoms with Crippen molar-refractivity contribution in [2.24, 2.45) is 0 Å². The molecule has 5 nitrogen and oxygen atoms in total. The number of aryl methyl sites for hydroxylation is 1. The maximum Gasteiger partial charge on any atom is 0.283 e. The lowest BCUT2D eigenvalue weighted by Gasteiger charge is -2.10. The Morgan fingerprint density at radius 2 is 1.79 bits per heavy atom.